The molecule has 5 nitrogen and oxygen atoms in total. The summed E-state index contributed by atoms with van der Waals surface area (Å²) in [5.41, 5.74) is 1.27. The second-order valence-electron chi connectivity index (χ2n) is 5.54. The summed E-state index contributed by atoms with van der Waals surface area (Å²) in [6.07, 6.45) is 0.876. The van der Waals surface area contributed by atoms with E-state index >= 15 is 0 Å². The number of carbonyl (C=O) groups is 1. The van der Waals surface area contributed by atoms with E-state index in [0.29, 0.717) is 31.8 Å². The van der Waals surface area contributed by atoms with Crippen LogP contribution in [0.2, 0.25) is 0 Å². The van der Waals surface area contributed by atoms with Crippen LogP contribution in [-0.2, 0) is 11.3 Å². The lowest BCUT2D eigenvalue weighted by Gasteiger charge is -2.39. The molecular formula is C16H21N3O2. The summed E-state index contributed by atoms with van der Waals surface area (Å²) < 4.78 is 5.73. The Morgan fingerprint density at radius 1 is 1.57 bits per heavy atom. The number of morpholine rings is 1. The third kappa shape index (κ3) is 3.96. The minimum absolute atomic E-state index is 0.0830. The van der Waals surface area contributed by atoms with Gasteiger partial charge < -0.3 is 15.0 Å². The Labute approximate surface area is 125 Å². The average Bonchev–Trinajstić information content (AvgIpc) is 2.53. The largest absolute Gasteiger partial charge is 0.372 e. The van der Waals surface area contributed by atoms with Gasteiger partial charge in [-0.15, -0.1) is 0 Å². The lowest BCUT2D eigenvalue weighted by Crippen LogP contribution is -2.54. The van der Waals surface area contributed by atoms with Crippen molar-refractivity contribution >= 4 is 6.03 Å². The molecule has 2 amide bonds. The van der Waals surface area contributed by atoms with Gasteiger partial charge in [-0.25, -0.2) is 4.79 Å². The maximum Gasteiger partial charge on any atom is 0.317 e. The van der Waals surface area contributed by atoms with Crippen LogP contribution in [0.5, 0.6) is 0 Å². The number of amides is 2. The van der Waals surface area contributed by atoms with Crippen molar-refractivity contribution in [1.82, 2.24) is 10.2 Å². The number of benzene rings is 1. The third-order valence-electron chi connectivity index (χ3n) is 3.87. The van der Waals surface area contributed by atoms with Gasteiger partial charge in [0.25, 0.3) is 0 Å². The molecule has 1 N–H and O–H groups in total. The van der Waals surface area contributed by atoms with Gasteiger partial charge in [-0.3, -0.25) is 0 Å². The number of nitrogens with one attached hydrogen (secondary N) is 1. The standard InChI is InChI=1S/C16H21N3O2/c1-3-16(2)12-19(7-8-21-16)15(20)18-11-14-6-4-5-13(9-14)10-17/h4-6,9H,3,7-8,11-12H2,1-2H3,(H,18,20). The summed E-state index contributed by atoms with van der Waals surface area (Å²) in [7, 11) is 0. The zero-order valence-electron chi connectivity index (χ0n) is 12.6. The van der Waals surface area contributed by atoms with Crippen molar-refractivity contribution < 1.29 is 9.53 Å². The highest BCUT2D eigenvalue weighted by atomic mass is 16.5. The molecule has 2 rings (SSSR count). The minimum atomic E-state index is -0.254. The zero-order chi connectivity index (χ0) is 15.3. The van der Waals surface area contributed by atoms with Crippen LogP contribution in [0.1, 0.15) is 31.4 Å². The molecule has 5 heteroatoms. The van der Waals surface area contributed by atoms with Crippen LogP contribution in [0.15, 0.2) is 24.3 Å². The summed E-state index contributed by atoms with van der Waals surface area (Å²) in [6.45, 7) is 6.31. The van der Waals surface area contributed by atoms with E-state index < -0.39 is 0 Å². The molecule has 1 aliphatic heterocycles. The van der Waals surface area contributed by atoms with Crippen LogP contribution in [-0.4, -0.2) is 36.2 Å². The molecule has 0 radical (unpaired) electrons. The molecule has 1 aromatic rings. The Balaban J connectivity index is 1.91. The first kappa shape index (κ1) is 15.3. The average molecular weight is 287 g/mol. The van der Waals surface area contributed by atoms with Crippen molar-refractivity contribution in [2.75, 3.05) is 19.7 Å². The maximum absolute atomic E-state index is 12.2. The molecule has 0 spiro atoms. The number of rotatable bonds is 3. The van der Waals surface area contributed by atoms with E-state index in [-0.39, 0.29) is 11.6 Å². The fourth-order valence-corrected chi connectivity index (χ4v) is 2.36. The number of ether oxygens (including phenoxy) is 1. The van der Waals surface area contributed by atoms with Crippen LogP contribution < -0.4 is 5.32 Å². The summed E-state index contributed by atoms with van der Waals surface area (Å²) in [4.78, 5) is 14.0. The molecule has 1 saturated heterocycles. The molecule has 1 aromatic carbocycles. The van der Waals surface area contributed by atoms with E-state index in [1.165, 1.54) is 0 Å². The normalized spacial score (nSPS) is 21.7. The first-order valence-corrected chi connectivity index (χ1v) is 7.22. The van der Waals surface area contributed by atoms with Crippen LogP contribution in [0.25, 0.3) is 0 Å². The van der Waals surface area contributed by atoms with Crippen molar-refractivity contribution in [3.05, 3.63) is 35.4 Å². The topological polar surface area (TPSA) is 65.4 Å². The van der Waals surface area contributed by atoms with E-state index in [1.54, 1.807) is 17.0 Å². The predicted molar refractivity (Wildman–Crippen MR) is 79.6 cm³/mol. The molecule has 0 aromatic heterocycles. The van der Waals surface area contributed by atoms with Crippen molar-refractivity contribution in [2.24, 2.45) is 0 Å². The lowest BCUT2D eigenvalue weighted by atomic mass is 10.0. The number of nitrogens with zero attached hydrogens (tertiary/aromatic N) is 2. The Bertz CT molecular complexity index is 553. The quantitative estimate of drug-likeness (QED) is 0.927. The Kier molecular flexibility index (Phi) is 4.81. The van der Waals surface area contributed by atoms with Crippen molar-refractivity contribution in [1.29, 1.82) is 5.26 Å². The first-order chi connectivity index (χ1) is 10.1. The Hall–Kier alpha value is -2.06. The molecule has 0 saturated carbocycles. The number of nitriles is 1. The third-order valence-corrected chi connectivity index (χ3v) is 3.87. The Morgan fingerprint density at radius 2 is 2.38 bits per heavy atom. The number of hydrogen-bond donors (Lipinski definition) is 1. The fraction of sp³-hybridized carbons (Fsp3) is 0.500. The highest BCUT2D eigenvalue weighted by Gasteiger charge is 2.32. The van der Waals surface area contributed by atoms with Gasteiger partial charge >= 0.3 is 6.03 Å². The number of hydrogen-bond acceptors (Lipinski definition) is 3. The summed E-state index contributed by atoms with van der Waals surface area (Å²) in [5.74, 6) is 0. The van der Waals surface area contributed by atoms with Gasteiger partial charge in [0.1, 0.15) is 0 Å². The number of urea groups is 1. The molecule has 1 aliphatic rings. The highest BCUT2D eigenvalue weighted by molar-refractivity contribution is 5.74. The van der Waals surface area contributed by atoms with Crippen LogP contribution in [0.4, 0.5) is 4.79 Å². The van der Waals surface area contributed by atoms with Gasteiger partial charge in [0.2, 0.25) is 0 Å². The second-order valence-corrected chi connectivity index (χ2v) is 5.54. The highest BCUT2D eigenvalue weighted by Crippen LogP contribution is 2.20. The molecule has 112 valence electrons. The maximum atomic E-state index is 12.2. The van der Waals surface area contributed by atoms with E-state index in [2.05, 4.69) is 18.3 Å². The van der Waals surface area contributed by atoms with Gasteiger partial charge in [-0.05, 0) is 31.0 Å². The van der Waals surface area contributed by atoms with Crippen molar-refractivity contribution in [2.45, 2.75) is 32.4 Å². The van der Waals surface area contributed by atoms with Crippen molar-refractivity contribution in [3.8, 4) is 6.07 Å². The molecule has 1 heterocycles. The first-order valence-electron chi connectivity index (χ1n) is 7.22. The van der Waals surface area contributed by atoms with Crippen LogP contribution >= 0.6 is 0 Å². The molecular weight excluding hydrogens is 266 g/mol. The molecule has 21 heavy (non-hydrogen) atoms. The van der Waals surface area contributed by atoms with Crippen LogP contribution in [0.3, 0.4) is 0 Å². The van der Waals surface area contributed by atoms with Gasteiger partial charge in [0.15, 0.2) is 0 Å². The smallest absolute Gasteiger partial charge is 0.317 e. The fourth-order valence-electron chi connectivity index (χ4n) is 2.36. The summed E-state index contributed by atoms with van der Waals surface area (Å²) in [6, 6.07) is 9.27. The van der Waals surface area contributed by atoms with Gasteiger partial charge in [-0.1, -0.05) is 19.1 Å². The minimum Gasteiger partial charge on any atom is -0.372 e. The Morgan fingerprint density at radius 3 is 3.10 bits per heavy atom. The van der Waals surface area contributed by atoms with Crippen LogP contribution in [0, 0.1) is 11.3 Å². The lowest BCUT2D eigenvalue weighted by molar-refractivity contribution is -0.0872. The van der Waals surface area contributed by atoms with Crippen molar-refractivity contribution in [3.63, 3.8) is 0 Å². The molecule has 1 atom stereocenters. The monoisotopic (exact) mass is 287 g/mol. The van der Waals surface area contributed by atoms with E-state index in [4.69, 9.17) is 10.00 Å². The molecule has 0 bridgehead atoms. The molecule has 0 aliphatic carbocycles. The summed E-state index contributed by atoms with van der Waals surface area (Å²) >= 11 is 0. The predicted octanol–water partition coefficient (Wildman–Crippen LogP) is 2.27. The van der Waals surface area contributed by atoms with Gasteiger partial charge in [-0.2, -0.15) is 5.26 Å². The number of carbonyl (C=O) groups excluding carboxylic acids is 1. The van der Waals surface area contributed by atoms with E-state index in [9.17, 15) is 4.79 Å². The molecule has 1 fully saturated rings. The zero-order valence-corrected chi connectivity index (χ0v) is 12.6. The molecule has 1 unspecified atom stereocenters. The van der Waals surface area contributed by atoms with E-state index in [1.807, 2.05) is 19.1 Å². The van der Waals surface area contributed by atoms with E-state index in [0.717, 1.165) is 12.0 Å². The second kappa shape index (κ2) is 6.59. The summed E-state index contributed by atoms with van der Waals surface area (Å²) in [5, 5.41) is 11.8. The van der Waals surface area contributed by atoms with Gasteiger partial charge in [0, 0.05) is 13.1 Å². The SMILES string of the molecule is CCC1(C)CN(C(=O)NCc2cccc(C#N)c2)CCO1. The van der Waals surface area contributed by atoms with Gasteiger partial charge in [0.05, 0.1) is 30.4 Å².